The molecule has 0 saturated heterocycles. The fourth-order valence-electron chi connectivity index (χ4n) is 3.62. The number of halogens is 3. The summed E-state index contributed by atoms with van der Waals surface area (Å²) < 4.78 is 24.9. The van der Waals surface area contributed by atoms with Gasteiger partial charge in [-0.1, -0.05) is 41.4 Å². The average Bonchev–Trinajstić information content (AvgIpc) is 3.23. The number of ether oxygens (including phenoxy) is 2. The second kappa shape index (κ2) is 11.6. The summed E-state index contributed by atoms with van der Waals surface area (Å²) in [7, 11) is 0. The molecule has 0 saturated carbocycles. The molecule has 1 aromatic heterocycles. The molecule has 3 aromatic carbocycles. The molecule has 8 heteroatoms. The van der Waals surface area contributed by atoms with Gasteiger partial charge < -0.3 is 19.8 Å². The lowest BCUT2D eigenvalue weighted by molar-refractivity contribution is 0.269. The summed E-state index contributed by atoms with van der Waals surface area (Å²) in [6.07, 6.45) is 1.80. The number of para-hydroxylation sites is 2. The smallest absolute Gasteiger partial charge is 0.163 e. The Balaban J connectivity index is 1.32. The van der Waals surface area contributed by atoms with E-state index >= 15 is 0 Å². The van der Waals surface area contributed by atoms with E-state index in [4.69, 9.17) is 32.7 Å². The average molecular weight is 502 g/mol. The predicted octanol–water partition coefficient (Wildman–Crippen LogP) is 6.71. The minimum absolute atomic E-state index is 0.175. The van der Waals surface area contributed by atoms with Crippen molar-refractivity contribution in [2.45, 2.75) is 32.9 Å². The van der Waals surface area contributed by atoms with Crippen molar-refractivity contribution in [3.8, 4) is 11.5 Å². The normalized spacial score (nSPS) is 11.2. The van der Waals surface area contributed by atoms with E-state index in [0.717, 1.165) is 41.8 Å². The second-order valence-electron chi connectivity index (χ2n) is 7.83. The molecule has 1 heterocycles. The summed E-state index contributed by atoms with van der Waals surface area (Å²) in [6, 6.07) is 15.9. The lowest BCUT2D eigenvalue weighted by Gasteiger charge is -2.16. The molecule has 34 heavy (non-hydrogen) atoms. The van der Waals surface area contributed by atoms with E-state index in [-0.39, 0.29) is 12.4 Å². The minimum atomic E-state index is -0.388. The SMILES string of the molecule is CCOc1cc(CNCCCc2nc3ccccc3[nH]2)c(Cl)cc1OCc1ccc(F)cc1Cl. The van der Waals surface area contributed by atoms with Crippen molar-refractivity contribution in [1.82, 2.24) is 15.3 Å². The maximum atomic E-state index is 13.3. The lowest BCUT2D eigenvalue weighted by Crippen LogP contribution is -2.16. The zero-order chi connectivity index (χ0) is 23.9. The number of rotatable bonds is 11. The van der Waals surface area contributed by atoms with Crippen LogP contribution in [0.1, 0.15) is 30.3 Å². The maximum absolute atomic E-state index is 13.3. The molecule has 0 spiro atoms. The molecular formula is C26H26Cl2FN3O2. The van der Waals surface area contributed by atoms with Crippen molar-refractivity contribution in [2.24, 2.45) is 0 Å². The maximum Gasteiger partial charge on any atom is 0.163 e. The molecule has 178 valence electrons. The van der Waals surface area contributed by atoms with Gasteiger partial charge >= 0.3 is 0 Å². The standard InChI is InChI=1S/C26H26Cl2FN3O2/c1-2-33-24-12-18(15-30-11-5-8-26-31-22-6-3-4-7-23(22)32-26)21(28)14-25(24)34-16-17-9-10-19(29)13-20(17)27/h3-4,6-7,9-10,12-14,30H,2,5,8,11,15-16H2,1H3,(H,31,32). The highest BCUT2D eigenvalue weighted by Gasteiger charge is 2.13. The summed E-state index contributed by atoms with van der Waals surface area (Å²) in [6.45, 7) is 3.99. The van der Waals surface area contributed by atoms with Crippen molar-refractivity contribution in [3.63, 3.8) is 0 Å². The summed E-state index contributed by atoms with van der Waals surface area (Å²) in [4.78, 5) is 7.97. The Labute approximate surface area is 208 Å². The fraction of sp³-hybridized carbons (Fsp3) is 0.269. The van der Waals surface area contributed by atoms with E-state index in [2.05, 4.69) is 15.3 Å². The van der Waals surface area contributed by atoms with Gasteiger partial charge in [-0.15, -0.1) is 0 Å². The molecule has 0 bridgehead atoms. The molecule has 4 rings (SSSR count). The number of nitrogens with zero attached hydrogens (tertiary/aromatic N) is 1. The first-order chi connectivity index (χ1) is 16.5. The zero-order valence-electron chi connectivity index (χ0n) is 18.8. The molecule has 0 aliphatic carbocycles. The molecule has 2 N–H and O–H groups in total. The molecule has 0 aliphatic heterocycles. The van der Waals surface area contributed by atoms with Crippen LogP contribution in [-0.4, -0.2) is 23.1 Å². The van der Waals surface area contributed by atoms with Crippen LogP contribution in [0, 0.1) is 5.82 Å². The molecule has 0 radical (unpaired) electrons. The van der Waals surface area contributed by atoms with Crippen molar-refractivity contribution >= 4 is 34.2 Å². The van der Waals surface area contributed by atoms with Crippen LogP contribution in [0.5, 0.6) is 11.5 Å². The number of aromatic nitrogens is 2. The third kappa shape index (κ3) is 6.20. The summed E-state index contributed by atoms with van der Waals surface area (Å²) in [5, 5.41) is 4.32. The third-order valence-corrected chi connectivity index (χ3v) is 6.04. The minimum Gasteiger partial charge on any atom is -0.490 e. The molecule has 0 unspecified atom stereocenters. The Morgan fingerprint density at radius 2 is 1.76 bits per heavy atom. The Bertz CT molecular complexity index is 1230. The Kier molecular flexibility index (Phi) is 8.27. The van der Waals surface area contributed by atoms with Crippen LogP contribution < -0.4 is 14.8 Å². The number of hydrogen-bond acceptors (Lipinski definition) is 4. The van der Waals surface area contributed by atoms with Gasteiger partial charge in [0.1, 0.15) is 18.2 Å². The number of H-pyrrole nitrogens is 1. The van der Waals surface area contributed by atoms with Crippen LogP contribution in [0.15, 0.2) is 54.6 Å². The number of hydrogen-bond donors (Lipinski definition) is 2. The molecule has 0 fully saturated rings. The Hall–Kier alpha value is -2.80. The lowest BCUT2D eigenvalue weighted by atomic mass is 10.2. The van der Waals surface area contributed by atoms with Gasteiger partial charge in [0, 0.05) is 29.6 Å². The first kappa shape index (κ1) is 24.3. The van der Waals surface area contributed by atoms with Crippen LogP contribution in [0.4, 0.5) is 4.39 Å². The van der Waals surface area contributed by atoms with Crippen LogP contribution >= 0.6 is 23.2 Å². The monoisotopic (exact) mass is 501 g/mol. The first-order valence-corrected chi connectivity index (χ1v) is 12.0. The topological polar surface area (TPSA) is 59.2 Å². The largest absolute Gasteiger partial charge is 0.490 e. The number of aryl methyl sites for hydroxylation is 1. The van der Waals surface area contributed by atoms with Crippen LogP contribution in [0.25, 0.3) is 11.0 Å². The highest BCUT2D eigenvalue weighted by atomic mass is 35.5. The summed E-state index contributed by atoms with van der Waals surface area (Å²) in [5.41, 5.74) is 3.65. The number of nitrogens with one attached hydrogen (secondary N) is 2. The van der Waals surface area contributed by atoms with Gasteiger partial charge in [-0.05, 0) is 55.8 Å². The molecular weight excluding hydrogens is 476 g/mol. The van der Waals surface area contributed by atoms with E-state index in [9.17, 15) is 4.39 Å². The number of fused-ring (bicyclic) bond motifs is 1. The van der Waals surface area contributed by atoms with E-state index in [1.165, 1.54) is 12.1 Å². The van der Waals surface area contributed by atoms with Crippen LogP contribution in [0.3, 0.4) is 0 Å². The van der Waals surface area contributed by atoms with E-state index in [1.807, 2.05) is 37.3 Å². The summed E-state index contributed by atoms with van der Waals surface area (Å²) >= 11 is 12.6. The predicted molar refractivity (Wildman–Crippen MR) is 134 cm³/mol. The molecule has 0 aliphatic rings. The Morgan fingerprint density at radius 3 is 2.56 bits per heavy atom. The second-order valence-corrected chi connectivity index (χ2v) is 8.64. The number of benzene rings is 3. The Morgan fingerprint density at radius 1 is 0.971 bits per heavy atom. The first-order valence-electron chi connectivity index (χ1n) is 11.2. The number of imidazole rings is 1. The van der Waals surface area contributed by atoms with Crippen LogP contribution in [-0.2, 0) is 19.6 Å². The van der Waals surface area contributed by atoms with E-state index < -0.39 is 0 Å². The zero-order valence-corrected chi connectivity index (χ0v) is 20.3. The van der Waals surface area contributed by atoms with Crippen molar-refractivity contribution in [1.29, 1.82) is 0 Å². The molecule has 5 nitrogen and oxygen atoms in total. The van der Waals surface area contributed by atoms with Gasteiger partial charge in [0.25, 0.3) is 0 Å². The van der Waals surface area contributed by atoms with Crippen molar-refractivity contribution < 1.29 is 13.9 Å². The summed E-state index contributed by atoms with van der Waals surface area (Å²) in [5.74, 6) is 1.72. The third-order valence-electron chi connectivity index (χ3n) is 5.33. The molecule has 4 aromatic rings. The molecule has 0 atom stereocenters. The van der Waals surface area contributed by atoms with Crippen molar-refractivity contribution in [2.75, 3.05) is 13.2 Å². The fourth-order valence-corrected chi connectivity index (χ4v) is 4.06. The highest BCUT2D eigenvalue weighted by molar-refractivity contribution is 6.31. The van der Waals surface area contributed by atoms with E-state index in [0.29, 0.717) is 40.3 Å². The highest BCUT2D eigenvalue weighted by Crippen LogP contribution is 2.34. The molecule has 0 amide bonds. The van der Waals surface area contributed by atoms with Gasteiger partial charge in [-0.3, -0.25) is 0 Å². The van der Waals surface area contributed by atoms with Crippen LogP contribution in [0.2, 0.25) is 10.0 Å². The van der Waals surface area contributed by atoms with Gasteiger partial charge in [0.2, 0.25) is 0 Å². The van der Waals surface area contributed by atoms with Gasteiger partial charge in [-0.25, -0.2) is 9.37 Å². The van der Waals surface area contributed by atoms with Gasteiger partial charge in [0.05, 0.1) is 22.7 Å². The quantitative estimate of drug-likeness (QED) is 0.224. The van der Waals surface area contributed by atoms with Gasteiger partial charge in [0.15, 0.2) is 11.5 Å². The van der Waals surface area contributed by atoms with Gasteiger partial charge in [-0.2, -0.15) is 0 Å². The van der Waals surface area contributed by atoms with E-state index in [1.54, 1.807) is 12.1 Å². The number of aromatic amines is 1. The van der Waals surface area contributed by atoms with Crippen molar-refractivity contribution in [3.05, 3.63) is 87.4 Å².